The molecule has 1 aliphatic carbocycles. The van der Waals surface area contributed by atoms with Crippen LogP contribution in [0, 0.1) is 12.8 Å². The van der Waals surface area contributed by atoms with E-state index in [1.807, 2.05) is 0 Å². The Balaban J connectivity index is 1.80. The van der Waals surface area contributed by atoms with Gasteiger partial charge in [0, 0.05) is 12.6 Å². The van der Waals surface area contributed by atoms with Crippen molar-refractivity contribution in [2.24, 2.45) is 5.92 Å². The summed E-state index contributed by atoms with van der Waals surface area (Å²) in [6.45, 7) is 5.26. The van der Waals surface area contributed by atoms with Gasteiger partial charge >= 0.3 is 0 Å². The van der Waals surface area contributed by atoms with Crippen LogP contribution in [0.4, 0.5) is 0 Å². The summed E-state index contributed by atoms with van der Waals surface area (Å²) in [4.78, 5) is 0. The Kier molecular flexibility index (Phi) is 5.20. The molecule has 1 fully saturated rings. The minimum atomic E-state index is 0.547. The lowest BCUT2D eigenvalue weighted by Crippen LogP contribution is -2.45. The lowest BCUT2D eigenvalue weighted by molar-refractivity contribution is 0.308. The van der Waals surface area contributed by atoms with Gasteiger partial charge < -0.3 is 10.6 Å². The van der Waals surface area contributed by atoms with Crippen LogP contribution in [0.2, 0.25) is 0 Å². The third-order valence-electron chi connectivity index (χ3n) is 4.13. The molecule has 0 aliphatic heterocycles. The lowest BCUT2D eigenvalue weighted by Gasteiger charge is -2.30. The molecule has 0 radical (unpaired) electrons. The Hall–Kier alpha value is -1.09. The third kappa shape index (κ3) is 4.20. The summed E-state index contributed by atoms with van der Waals surface area (Å²) < 4.78 is 0. The van der Waals surface area contributed by atoms with Gasteiger partial charge in [-0.05, 0) is 49.0 Å². The lowest BCUT2D eigenvalue weighted by atomic mass is 9.86. The molecular weight excluding hydrogens is 252 g/mol. The Morgan fingerprint density at radius 1 is 1.26 bits per heavy atom. The molecule has 0 unspecified atom stereocenters. The van der Waals surface area contributed by atoms with Crippen molar-refractivity contribution in [2.75, 3.05) is 0 Å². The van der Waals surface area contributed by atoms with Crippen molar-refractivity contribution in [1.82, 2.24) is 10.6 Å². The van der Waals surface area contributed by atoms with Crippen LogP contribution in [0.1, 0.15) is 43.7 Å². The standard InChI is InChI=1S/C16H24N2S/c1-12-7-3-5-9-14(12)11-17-16(19)18-15-10-6-4-8-13(15)2/h3,5,7,9,13,15H,4,6,8,10-11H2,1-2H3,(H2,17,18,19)/t13-,15+/m0/s1. The van der Waals surface area contributed by atoms with Gasteiger partial charge in [0.2, 0.25) is 0 Å². The van der Waals surface area contributed by atoms with Crippen LogP contribution in [0.15, 0.2) is 24.3 Å². The molecule has 1 saturated carbocycles. The topological polar surface area (TPSA) is 24.1 Å². The molecule has 2 atom stereocenters. The normalized spacial score (nSPS) is 22.8. The van der Waals surface area contributed by atoms with E-state index >= 15 is 0 Å². The first-order valence-electron chi connectivity index (χ1n) is 7.25. The Morgan fingerprint density at radius 2 is 2.00 bits per heavy atom. The molecule has 0 heterocycles. The number of thiocarbonyl (C=S) groups is 1. The Bertz CT molecular complexity index is 431. The van der Waals surface area contributed by atoms with Gasteiger partial charge in [-0.2, -0.15) is 0 Å². The molecule has 0 saturated heterocycles. The van der Waals surface area contributed by atoms with Crippen molar-refractivity contribution in [3.63, 3.8) is 0 Å². The SMILES string of the molecule is Cc1ccccc1CNC(=S)N[C@@H]1CCCC[C@@H]1C. The highest BCUT2D eigenvalue weighted by Gasteiger charge is 2.21. The number of rotatable bonds is 3. The molecule has 19 heavy (non-hydrogen) atoms. The number of nitrogens with one attached hydrogen (secondary N) is 2. The maximum Gasteiger partial charge on any atom is 0.166 e. The van der Waals surface area contributed by atoms with Crippen molar-refractivity contribution in [3.8, 4) is 0 Å². The molecule has 104 valence electrons. The minimum absolute atomic E-state index is 0.547. The molecule has 0 bridgehead atoms. The molecule has 0 amide bonds. The van der Waals surface area contributed by atoms with Crippen LogP contribution in [-0.2, 0) is 6.54 Å². The van der Waals surface area contributed by atoms with Crippen molar-refractivity contribution >= 4 is 17.3 Å². The van der Waals surface area contributed by atoms with Crippen LogP contribution >= 0.6 is 12.2 Å². The van der Waals surface area contributed by atoms with E-state index in [0.717, 1.165) is 17.6 Å². The van der Waals surface area contributed by atoms with E-state index in [9.17, 15) is 0 Å². The summed E-state index contributed by atoms with van der Waals surface area (Å²) in [5.41, 5.74) is 2.62. The number of aryl methyl sites for hydroxylation is 1. The molecule has 1 aromatic rings. The fraction of sp³-hybridized carbons (Fsp3) is 0.562. The van der Waals surface area contributed by atoms with Gasteiger partial charge in [-0.15, -0.1) is 0 Å². The van der Waals surface area contributed by atoms with E-state index in [-0.39, 0.29) is 0 Å². The third-order valence-corrected chi connectivity index (χ3v) is 4.39. The minimum Gasteiger partial charge on any atom is -0.360 e. The maximum atomic E-state index is 5.41. The van der Waals surface area contributed by atoms with E-state index in [4.69, 9.17) is 12.2 Å². The van der Waals surface area contributed by atoms with Crippen LogP contribution in [-0.4, -0.2) is 11.2 Å². The highest BCUT2D eigenvalue weighted by Crippen LogP contribution is 2.23. The van der Waals surface area contributed by atoms with Gasteiger partial charge in [0.1, 0.15) is 0 Å². The van der Waals surface area contributed by atoms with E-state index in [1.165, 1.54) is 36.8 Å². The average Bonchev–Trinajstić information content (AvgIpc) is 2.40. The number of hydrogen-bond donors (Lipinski definition) is 2. The second kappa shape index (κ2) is 6.90. The fourth-order valence-electron chi connectivity index (χ4n) is 2.73. The molecule has 1 aromatic carbocycles. The van der Waals surface area contributed by atoms with Crippen LogP contribution in [0.5, 0.6) is 0 Å². The van der Waals surface area contributed by atoms with Crippen LogP contribution in [0.3, 0.4) is 0 Å². The zero-order valence-electron chi connectivity index (χ0n) is 11.9. The van der Waals surface area contributed by atoms with Gasteiger partial charge in [-0.3, -0.25) is 0 Å². The molecule has 2 nitrogen and oxygen atoms in total. The van der Waals surface area contributed by atoms with Crippen molar-refractivity contribution in [2.45, 2.75) is 52.1 Å². The summed E-state index contributed by atoms with van der Waals surface area (Å²) in [5.74, 6) is 0.729. The molecular formula is C16H24N2S. The largest absolute Gasteiger partial charge is 0.360 e. The predicted molar refractivity (Wildman–Crippen MR) is 85.2 cm³/mol. The first-order valence-corrected chi connectivity index (χ1v) is 7.66. The summed E-state index contributed by atoms with van der Waals surface area (Å²) in [6, 6.07) is 8.97. The molecule has 0 aromatic heterocycles. The van der Waals surface area contributed by atoms with Crippen LogP contribution < -0.4 is 10.6 Å². The van der Waals surface area contributed by atoms with Gasteiger partial charge in [0.05, 0.1) is 0 Å². The van der Waals surface area contributed by atoms with E-state index in [1.54, 1.807) is 0 Å². The Morgan fingerprint density at radius 3 is 2.74 bits per heavy atom. The second-order valence-corrected chi connectivity index (χ2v) is 6.03. The van der Waals surface area contributed by atoms with E-state index in [0.29, 0.717) is 6.04 Å². The molecule has 1 aliphatic rings. The van der Waals surface area contributed by atoms with Gasteiger partial charge in [0.25, 0.3) is 0 Å². The molecule has 2 N–H and O–H groups in total. The van der Waals surface area contributed by atoms with Crippen molar-refractivity contribution in [1.29, 1.82) is 0 Å². The quantitative estimate of drug-likeness (QED) is 0.826. The van der Waals surface area contributed by atoms with E-state index in [2.05, 4.69) is 48.7 Å². The monoisotopic (exact) mass is 276 g/mol. The average molecular weight is 276 g/mol. The van der Waals surface area contributed by atoms with Gasteiger partial charge in [-0.25, -0.2) is 0 Å². The van der Waals surface area contributed by atoms with Crippen LogP contribution in [0.25, 0.3) is 0 Å². The highest BCUT2D eigenvalue weighted by atomic mass is 32.1. The molecule has 3 heteroatoms. The molecule has 0 spiro atoms. The zero-order valence-corrected chi connectivity index (χ0v) is 12.7. The fourth-order valence-corrected chi connectivity index (χ4v) is 2.96. The summed E-state index contributed by atoms with van der Waals surface area (Å²) in [6.07, 6.45) is 5.25. The van der Waals surface area contributed by atoms with Crippen molar-refractivity contribution < 1.29 is 0 Å². The summed E-state index contributed by atoms with van der Waals surface area (Å²) in [5, 5.41) is 7.60. The summed E-state index contributed by atoms with van der Waals surface area (Å²) >= 11 is 5.41. The highest BCUT2D eigenvalue weighted by molar-refractivity contribution is 7.80. The van der Waals surface area contributed by atoms with E-state index < -0.39 is 0 Å². The maximum absolute atomic E-state index is 5.41. The number of hydrogen-bond acceptors (Lipinski definition) is 1. The number of benzene rings is 1. The van der Waals surface area contributed by atoms with Gasteiger partial charge in [0.15, 0.2) is 5.11 Å². The van der Waals surface area contributed by atoms with Gasteiger partial charge in [-0.1, -0.05) is 44.0 Å². The first-order chi connectivity index (χ1) is 9.16. The Labute approximate surface area is 122 Å². The first kappa shape index (κ1) is 14.3. The zero-order chi connectivity index (χ0) is 13.7. The molecule has 2 rings (SSSR count). The van der Waals surface area contributed by atoms with Crippen molar-refractivity contribution in [3.05, 3.63) is 35.4 Å². The summed E-state index contributed by atoms with van der Waals surface area (Å²) in [7, 11) is 0. The smallest absolute Gasteiger partial charge is 0.166 e. The predicted octanol–water partition coefficient (Wildman–Crippen LogP) is 3.54. The second-order valence-electron chi connectivity index (χ2n) is 5.62.